The van der Waals surface area contributed by atoms with Crippen LogP contribution in [0.5, 0.6) is 0 Å². The number of aromatic nitrogens is 2. The third kappa shape index (κ3) is 2.67. The number of hydrogen-bond donors (Lipinski definition) is 3. The van der Waals surface area contributed by atoms with Crippen LogP contribution < -0.4 is 11.1 Å². The topological polar surface area (TPSA) is 84.1 Å². The minimum Gasteiger partial charge on any atom is -0.394 e. The van der Waals surface area contributed by atoms with Crippen LogP contribution in [-0.4, -0.2) is 27.2 Å². The van der Waals surface area contributed by atoms with Crippen molar-refractivity contribution in [2.24, 2.45) is 5.92 Å². The van der Waals surface area contributed by atoms with Gasteiger partial charge in [-0.2, -0.15) is 0 Å². The second-order valence-electron chi connectivity index (χ2n) is 5.19. The standard InChI is InChI=1S/C12H19ClN4O/c1-8-3-2-4-12(5-8,6-18)17-11-9(14)10(13)15-7-16-11/h7-8,18H,2-6,14H2,1H3,(H,15,16,17). The van der Waals surface area contributed by atoms with Crippen LogP contribution in [0.4, 0.5) is 11.5 Å². The smallest absolute Gasteiger partial charge is 0.157 e. The Labute approximate surface area is 112 Å². The first-order chi connectivity index (χ1) is 8.56. The van der Waals surface area contributed by atoms with Crippen molar-refractivity contribution in [2.45, 2.75) is 38.1 Å². The second-order valence-corrected chi connectivity index (χ2v) is 5.55. The van der Waals surface area contributed by atoms with Crippen molar-refractivity contribution in [3.8, 4) is 0 Å². The first-order valence-corrected chi connectivity index (χ1v) is 6.59. The Balaban J connectivity index is 2.22. The lowest BCUT2D eigenvalue weighted by atomic mass is 9.77. The van der Waals surface area contributed by atoms with E-state index in [0.29, 0.717) is 17.4 Å². The molecule has 0 amide bonds. The third-order valence-electron chi connectivity index (χ3n) is 3.61. The molecule has 2 unspecified atom stereocenters. The normalized spacial score (nSPS) is 28.1. The summed E-state index contributed by atoms with van der Waals surface area (Å²) in [4.78, 5) is 7.93. The minimum atomic E-state index is -0.344. The zero-order valence-electron chi connectivity index (χ0n) is 10.5. The van der Waals surface area contributed by atoms with Gasteiger partial charge >= 0.3 is 0 Å². The Bertz CT molecular complexity index is 429. The minimum absolute atomic E-state index is 0.0679. The molecule has 0 spiro atoms. The van der Waals surface area contributed by atoms with Crippen LogP contribution in [0.2, 0.25) is 5.15 Å². The largest absolute Gasteiger partial charge is 0.394 e. The van der Waals surface area contributed by atoms with Crippen LogP contribution in [0.15, 0.2) is 6.33 Å². The summed E-state index contributed by atoms with van der Waals surface area (Å²) in [6.07, 6.45) is 5.48. The first-order valence-electron chi connectivity index (χ1n) is 6.21. The molecule has 4 N–H and O–H groups in total. The summed E-state index contributed by atoms with van der Waals surface area (Å²) in [6, 6.07) is 0. The van der Waals surface area contributed by atoms with E-state index in [0.717, 1.165) is 19.3 Å². The molecular weight excluding hydrogens is 252 g/mol. The number of rotatable bonds is 3. The van der Waals surface area contributed by atoms with Crippen molar-refractivity contribution < 1.29 is 5.11 Å². The van der Waals surface area contributed by atoms with E-state index in [4.69, 9.17) is 17.3 Å². The summed E-state index contributed by atoms with van der Waals surface area (Å²) >= 11 is 5.87. The molecule has 100 valence electrons. The number of aliphatic hydroxyl groups is 1. The number of halogens is 1. The fourth-order valence-electron chi connectivity index (χ4n) is 2.68. The molecule has 1 aliphatic carbocycles. The van der Waals surface area contributed by atoms with E-state index < -0.39 is 0 Å². The fourth-order valence-corrected chi connectivity index (χ4v) is 2.81. The number of nitrogens with one attached hydrogen (secondary N) is 1. The predicted molar refractivity (Wildman–Crippen MR) is 72.5 cm³/mol. The van der Waals surface area contributed by atoms with Gasteiger partial charge in [0.2, 0.25) is 0 Å². The molecule has 1 saturated carbocycles. The van der Waals surface area contributed by atoms with Crippen molar-refractivity contribution in [1.82, 2.24) is 9.97 Å². The Morgan fingerprint density at radius 2 is 2.39 bits per heavy atom. The Morgan fingerprint density at radius 3 is 3.06 bits per heavy atom. The summed E-state index contributed by atoms with van der Waals surface area (Å²) in [6.45, 7) is 2.26. The van der Waals surface area contributed by atoms with Gasteiger partial charge in [-0.05, 0) is 18.8 Å². The van der Waals surface area contributed by atoms with Gasteiger partial charge in [0.25, 0.3) is 0 Å². The highest BCUT2D eigenvalue weighted by molar-refractivity contribution is 6.32. The van der Waals surface area contributed by atoms with E-state index in [1.54, 1.807) is 0 Å². The van der Waals surface area contributed by atoms with Gasteiger partial charge in [0.15, 0.2) is 11.0 Å². The summed E-state index contributed by atoms with van der Waals surface area (Å²) in [5.74, 6) is 1.09. The molecule has 0 radical (unpaired) electrons. The van der Waals surface area contributed by atoms with Crippen molar-refractivity contribution in [1.29, 1.82) is 0 Å². The molecule has 6 heteroatoms. The first kappa shape index (κ1) is 13.4. The lowest BCUT2D eigenvalue weighted by molar-refractivity contribution is 0.149. The predicted octanol–water partition coefficient (Wildman–Crippen LogP) is 2.07. The van der Waals surface area contributed by atoms with Crippen LogP contribution >= 0.6 is 11.6 Å². The molecule has 1 fully saturated rings. The van der Waals surface area contributed by atoms with Gasteiger partial charge in [-0.1, -0.05) is 31.4 Å². The quantitative estimate of drug-likeness (QED) is 0.732. The number of nitrogen functional groups attached to an aromatic ring is 1. The highest BCUT2D eigenvalue weighted by atomic mass is 35.5. The number of anilines is 2. The number of aliphatic hydroxyl groups excluding tert-OH is 1. The Hall–Kier alpha value is -1.07. The van der Waals surface area contributed by atoms with Gasteiger partial charge < -0.3 is 16.2 Å². The highest BCUT2D eigenvalue weighted by Gasteiger charge is 2.35. The molecule has 0 bridgehead atoms. The van der Waals surface area contributed by atoms with Crippen molar-refractivity contribution >= 4 is 23.1 Å². The lowest BCUT2D eigenvalue weighted by Crippen LogP contribution is -2.46. The van der Waals surface area contributed by atoms with Crippen molar-refractivity contribution in [3.05, 3.63) is 11.5 Å². The van der Waals surface area contributed by atoms with E-state index in [1.807, 2.05) is 0 Å². The molecule has 1 aliphatic rings. The fraction of sp³-hybridized carbons (Fsp3) is 0.667. The average molecular weight is 271 g/mol. The Kier molecular flexibility index (Phi) is 3.92. The molecule has 0 aliphatic heterocycles. The molecule has 5 nitrogen and oxygen atoms in total. The van der Waals surface area contributed by atoms with E-state index in [-0.39, 0.29) is 17.3 Å². The van der Waals surface area contributed by atoms with Crippen LogP contribution in [0.1, 0.15) is 32.6 Å². The molecule has 2 atom stereocenters. The van der Waals surface area contributed by atoms with Crippen LogP contribution in [0.3, 0.4) is 0 Å². The summed E-state index contributed by atoms with van der Waals surface area (Å²) in [5.41, 5.74) is 5.84. The van der Waals surface area contributed by atoms with E-state index in [2.05, 4.69) is 22.2 Å². The lowest BCUT2D eigenvalue weighted by Gasteiger charge is -2.40. The van der Waals surface area contributed by atoms with E-state index >= 15 is 0 Å². The average Bonchev–Trinajstić information content (AvgIpc) is 2.35. The van der Waals surface area contributed by atoms with Gasteiger partial charge in [-0.15, -0.1) is 0 Å². The number of nitrogens with two attached hydrogens (primary N) is 1. The van der Waals surface area contributed by atoms with E-state index in [1.165, 1.54) is 12.7 Å². The maximum atomic E-state index is 9.70. The highest BCUT2D eigenvalue weighted by Crippen LogP contribution is 2.36. The number of nitrogens with zero attached hydrogens (tertiary/aromatic N) is 2. The van der Waals surface area contributed by atoms with Crippen LogP contribution in [0.25, 0.3) is 0 Å². The monoisotopic (exact) mass is 270 g/mol. The third-order valence-corrected chi connectivity index (χ3v) is 3.91. The van der Waals surface area contributed by atoms with Crippen LogP contribution in [-0.2, 0) is 0 Å². The summed E-state index contributed by atoms with van der Waals surface area (Å²) < 4.78 is 0. The van der Waals surface area contributed by atoms with Gasteiger partial charge in [-0.25, -0.2) is 9.97 Å². The molecule has 0 saturated heterocycles. The van der Waals surface area contributed by atoms with Gasteiger partial charge in [0, 0.05) is 0 Å². The van der Waals surface area contributed by atoms with Crippen molar-refractivity contribution in [2.75, 3.05) is 17.7 Å². The van der Waals surface area contributed by atoms with Gasteiger partial charge in [0.1, 0.15) is 12.0 Å². The van der Waals surface area contributed by atoms with Gasteiger partial charge in [-0.3, -0.25) is 0 Å². The number of hydrogen-bond acceptors (Lipinski definition) is 5. The van der Waals surface area contributed by atoms with Gasteiger partial charge in [0.05, 0.1) is 12.1 Å². The molecule has 1 heterocycles. The zero-order valence-corrected chi connectivity index (χ0v) is 11.2. The van der Waals surface area contributed by atoms with E-state index in [9.17, 15) is 5.11 Å². The second kappa shape index (κ2) is 5.28. The van der Waals surface area contributed by atoms with Crippen molar-refractivity contribution in [3.63, 3.8) is 0 Å². The molecule has 1 aromatic heterocycles. The Morgan fingerprint density at radius 1 is 1.61 bits per heavy atom. The molecular formula is C12H19ClN4O. The summed E-state index contributed by atoms with van der Waals surface area (Å²) in [7, 11) is 0. The maximum Gasteiger partial charge on any atom is 0.157 e. The SMILES string of the molecule is CC1CCCC(CO)(Nc2ncnc(Cl)c2N)C1. The molecule has 18 heavy (non-hydrogen) atoms. The van der Waals surface area contributed by atoms with Crippen LogP contribution in [0, 0.1) is 5.92 Å². The summed E-state index contributed by atoms with van der Waals surface area (Å²) in [5, 5.41) is 13.2. The molecule has 2 rings (SSSR count). The maximum absolute atomic E-state index is 9.70. The zero-order chi connectivity index (χ0) is 13.2. The molecule has 1 aromatic rings. The molecule has 0 aromatic carbocycles.